The van der Waals surface area contributed by atoms with E-state index in [1.54, 1.807) is 49.4 Å². The highest BCUT2D eigenvalue weighted by atomic mass is 35.5. The highest BCUT2D eigenvalue weighted by Gasteiger charge is 2.17. The number of aromatic amines is 1. The van der Waals surface area contributed by atoms with Gasteiger partial charge in [0.1, 0.15) is 11.3 Å². The molecule has 1 aromatic heterocycles. The van der Waals surface area contributed by atoms with Crippen molar-refractivity contribution in [3.05, 3.63) is 85.6 Å². The van der Waals surface area contributed by atoms with Gasteiger partial charge in [-0.05, 0) is 48.9 Å². The number of hydrogen-bond donors (Lipinski definition) is 2. The van der Waals surface area contributed by atoms with Crippen molar-refractivity contribution < 1.29 is 9.53 Å². The van der Waals surface area contributed by atoms with Crippen molar-refractivity contribution in [3.63, 3.8) is 0 Å². The molecule has 3 aromatic rings. The first kappa shape index (κ1) is 18.5. The molecule has 27 heavy (non-hydrogen) atoms. The van der Waals surface area contributed by atoms with Crippen LogP contribution in [-0.4, -0.2) is 22.6 Å². The number of methoxy groups -OCH3 is 1. The van der Waals surface area contributed by atoms with Crippen LogP contribution in [0.5, 0.6) is 5.75 Å². The predicted molar refractivity (Wildman–Crippen MR) is 103 cm³/mol. The van der Waals surface area contributed by atoms with E-state index in [0.29, 0.717) is 27.7 Å². The summed E-state index contributed by atoms with van der Waals surface area (Å²) < 4.78 is 5.95. The van der Waals surface area contributed by atoms with Gasteiger partial charge in [0.05, 0.1) is 12.8 Å². The number of halogens is 1. The van der Waals surface area contributed by atoms with E-state index < -0.39 is 17.2 Å². The second kappa shape index (κ2) is 7.51. The lowest BCUT2D eigenvalue weighted by molar-refractivity contribution is 0.102. The monoisotopic (exact) mass is 385 g/mol. The van der Waals surface area contributed by atoms with Crippen LogP contribution in [0.3, 0.4) is 0 Å². The van der Waals surface area contributed by atoms with Crippen LogP contribution in [0.25, 0.3) is 5.69 Å². The molecule has 0 atom stereocenters. The zero-order valence-corrected chi connectivity index (χ0v) is 15.3. The molecule has 1 amide bonds. The van der Waals surface area contributed by atoms with Crippen LogP contribution in [-0.2, 0) is 0 Å². The first-order valence-electron chi connectivity index (χ1n) is 7.98. The van der Waals surface area contributed by atoms with Crippen molar-refractivity contribution in [2.24, 2.45) is 0 Å². The van der Waals surface area contributed by atoms with E-state index in [2.05, 4.69) is 10.3 Å². The molecule has 0 saturated carbocycles. The van der Waals surface area contributed by atoms with Crippen LogP contribution in [0.15, 0.2) is 58.3 Å². The summed E-state index contributed by atoms with van der Waals surface area (Å²) in [6.07, 6.45) is 1.10. The highest BCUT2D eigenvalue weighted by Crippen LogP contribution is 2.23. The number of aromatic nitrogens is 2. The van der Waals surface area contributed by atoms with Crippen molar-refractivity contribution in [2.45, 2.75) is 6.92 Å². The number of nitrogens with zero attached hydrogens (tertiary/aromatic N) is 1. The van der Waals surface area contributed by atoms with Crippen LogP contribution in [0.2, 0.25) is 5.02 Å². The number of anilines is 1. The molecule has 0 spiro atoms. The Labute approximate surface area is 159 Å². The van der Waals surface area contributed by atoms with E-state index in [1.807, 2.05) is 0 Å². The summed E-state index contributed by atoms with van der Waals surface area (Å²) in [5, 5.41) is 3.14. The number of carbonyl (C=O) groups is 1. The number of rotatable bonds is 4. The standard InChI is InChI=1S/C19H16ClN3O4/c1-11-15(20)4-3-5-16(11)22-17(24)14-10-21-19(26)23(18(14)25)12-6-8-13(27-2)9-7-12/h3-10H,1-2H3,(H,21,26)(H,22,24). The zero-order chi connectivity index (χ0) is 19.6. The summed E-state index contributed by atoms with van der Waals surface area (Å²) in [6, 6.07) is 11.4. The fourth-order valence-electron chi connectivity index (χ4n) is 2.53. The summed E-state index contributed by atoms with van der Waals surface area (Å²) in [6.45, 7) is 1.75. The fourth-order valence-corrected chi connectivity index (χ4v) is 2.71. The van der Waals surface area contributed by atoms with E-state index in [-0.39, 0.29) is 5.56 Å². The average Bonchev–Trinajstić information content (AvgIpc) is 2.66. The van der Waals surface area contributed by atoms with Gasteiger partial charge in [-0.2, -0.15) is 0 Å². The number of nitrogens with one attached hydrogen (secondary N) is 2. The molecule has 0 bridgehead atoms. The Hall–Kier alpha value is -3.32. The van der Waals surface area contributed by atoms with Crippen LogP contribution in [0, 0.1) is 6.92 Å². The molecule has 3 rings (SSSR count). The Kier molecular flexibility index (Phi) is 5.14. The van der Waals surface area contributed by atoms with Gasteiger partial charge in [-0.25, -0.2) is 9.36 Å². The molecule has 0 aliphatic carbocycles. The lowest BCUT2D eigenvalue weighted by Crippen LogP contribution is -2.38. The van der Waals surface area contributed by atoms with E-state index in [9.17, 15) is 14.4 Å². The third-order valence-electron chi connectivity index (χ3n) is 4.07. The van der Waals surface area contributed by atoms with Gasteiger partial charge < -0.3 is 15.0 Å². The molecule has 7 nitrogen and oxygen atoms in total. The Morgan fingerprint density at radius 3 is 2.52 bits per heavy atom. The Morgan fingerprint density at radius 2 is 1.85 bits per heavy atom. The number of amides is 1. The minimum atomic E-state index is -0.735. The molecule has 0 aliphatic heterocycles. The molecular formula is C19H16ClN3O4. The molecule has 2 aromatic carbocycles. The Morgan fingerprint density at radius 1 is 1.15 bits per heavy atom. The normalized spacial score (nSPS) is 10.5. The molecule has 2 N–H and O–H groups in total. The second-order valence-electron chi connectivity index (χ2n) is 5.71. The van der Waals surface area contributed by atoms with Crippen molar-refractivity contribution in [3.8, 4) is 11.4 Å². The summed E-state index contributed by atoms with van der Waals surface area (Å²) in [5.41, 5.74) is -0.122. The van der Waals surface area contributed by atoms with Gasteiger partial charge in [0.2, 0.25) is 0 Å². The molecule has 0 unspecified atom stereocenters. The number of hydrogen-bond acceptors (Lipinski definition) is 4. The molecule has 138 valence electrons. The topological polar surface area (TPSA) is 93.2 Å². The van der Waals surface area contributed by atoms with Crippen molar-refractivity contribution in [1.82, 2.24) is 9.55 Å². The molecule has 1 heterocycles. The Bertz CT molecular complexity index is 1120. The minimum Gasteiger partial charge on any atom is -0.497 e. The average molecular weight is 386 g/mol. The summed E-state index contributed by atoms with van der Waals surface area (Å²) in [4.78, 5) is 39.9. The summed E-state index contributed by atoms with van der Waals surface area (Å²) in [5.74, 6) is -0.0718. The molecule has 0 fully saturated rings. The maximum absolute atomic E-state index is 12.8. The van der Waals surface area contributed by atoms with Crippen molar-refractivity contribution in [1.29, 1.82) is 0 Å². The first-order chi connectivity index (χ1) is 12.9. The van der Waals surface area contributed by atoms with Gasteiger partial charge in [-0.15, -0.1) is 0 Å². The van der Waals surface area contributed by atoms with Crippen LogP contribution >= 0.6 is 11.6 Å². The van der Waals surface area contributed by atoms with Crippen LogP contribution in [0.4, 0.5) is 5.69 Å². The number of carbonyl (C=O) groups excluding carboxylic acids is 1. The summed E-state index contributed by atoms with van der Waals surface area (Å²) >= 11 is 6.05. The van der Waals surface area contributed by atoms with Crippen LogP contribution < -0.4 is 21.3 Å². The zero-order valence-electron chi connectivity index (χ0n) is 14.6. The van der Waals surface area contributed by atoms with Gasteiger partial charge in [-0.1, -0.05) is 17.7 Å². The third kappa shape index (κ3) is 3.63. The SMILES string of the molecule is COc1ccc(-n2c(=O)[nH]cc(C(=O)Nc3cccc(Cl)c3C)c2=O)cc1. The van der Waals surface area contributed by atoms with Gasteiger partial charge in [0.15, 0.2) is 0 Å². The van der Waals surface area contributed by atoms with E-state index in [4.69, 9.17) is 16.3 Å². The van der Waals surface area contributed by atoms with Gasteiger partial charge >= 0.3 is 5.69 Å². The lowest BCUT2D eigenvalue weighted by Gasteiger charge is -2.11. The molecule has 0 saturated heterocycles. The van der Waals surface area contributed by atoms with E-state index >= 15 is 0 Å². The quantitative estimate of drug-likeness (QED) is 0.722. The molecule has 8 heteroatoms. The number of H-pyrrole nitrogens is 1. The van der Waals surface area contributed by atoms with Gasteiger partial charge in [0, 0.05) is 16.9 Å². The molecular weight excluding hydrogens is 370 g/mol. The number of benzene rings is 2. The van der Waals surface area contributed by atoms with Crippen molar-refractivity contribution >= 4 is 23.2 Å². The Balaban J connectivity index is 2.02. The van der Waals surface area contributed by atoms with Crippen LogP contribution in [0.1, 0.15) is 15.9 Å². The van der Waals surface area contributed by atoms with Crippen molar-refractivity contribution in [2.75, 3.05) is 12.4 Å². The van der Waals surface area contributed by atoms with Gasteiger partial charge in [-0.3, -0.25) is 9.59 Å². The smallest absolute Gasteiger partial charge is 0.333 e. The largest absolute Gasteiger partial charge is 0.497 e. The highest BCUT2D eigenvalue weighted by molar-refractivity contribution is 6.31. The van der Waals surface area contributed by atoms with E-state index in [1.165, 1.54) is 7.11 Å². The fraction of sp³-hybridized carbons (Fsp3) is 0.105. The maximum atomic E-state index is 12.8. The van der Waals surface area contributed by atoms with Gasteiger partial charge in [0.25, 0.3) is 11.5 Å². The lowest BCUT2D eigenvalue weighted by atomic mass is 10.2. The second-order valence-corrected chi connectivity index (χ2v) is 6.12. The van der Waals surface area contributed by atoms with E-state index in [0.717, 1.165) is 10.8 Å². The first-order valence-corrected chi connectivity index (χ1v) is 8.36. The molecule has 0 radical (unpaired) electrons. The summed E-state index contributed by atoms with van der Waals surface area (Å²) in [7, 11) is 1.51. The minimum absolute atomic E-state index is 0.204. The number of ether oxygens (including phenoxy) is 1. The molecule has 0 aliphatic rings. The maximum Gasteiger partial charge on any atom is 0.333 e. The predicted octanol–water partition coefficient (Wildman–Crippen LogP) is 2.75. The third-order valence-corrected chi connectivity index (χ3v) is 4.48.